The van der Waals surface area contributed by atoms with Crippen molar-refractivity contribution in [3.05, 3.63) is 41.1 Å². The van der Waals surface area contributed by atoms with E-state index in [1.165, 1.54) is 12.1 Å². The fourth-order valence-corrected chi connectivity index (χ4v) is 5.32. The zero-order chi connectivity index (χ0) is 21.7. The first-order chi connectivity index (χ1) is 14.4. The maximum Gasteiger partial charge on any atom is 0.256 e. The summed E-state index contributed by atoms with van der Waals surface area (Å²) in [7, 11) is -1.74. The molecule has 3 rings (SSSR count). The molecule has 1 aliphatic carbocycles. The standard InChI is InChI=1S/C22H32N4O3S/c1-4-6-15-26(16-7-5-2)30(28,29)18-13-11-17(12-14-18)22(27)23-21-19-9-8-10-20(19)24-25(21)3/h11-14H,4-10,15-16H2,1-3H3,(H,23,27). The van der Waals surface area contributed by atoms with Gasteiger partial charge >= 0.3 is 0 Å². The van der Waals surface area contributed by atoms with Gasteiger partial charge in [0.25, 0.3) is 5.91 Å². The van der Waals surface area contributed by atoms with Gasteiger partial charge in [-0.1, -0.05) is 26.7 Å². The van der Waals surface area contributed by atoms with Crippen molar-refractivity contribution in [3.63, 3.8) is 0 Å². The molecule has 2 aromatic rings. The monoisotopic (exact) mass is 432 g/mol. The number of anilines is 1. The van der Waals surface area contributed by atoms with Crippen LogP contribution in [-0.4, -0.2) is 41.5 Å². The number of carbonyl (C=O) groups is 1. The first-order valence-corrected chi connectivity index (χ1v) is 12.3. The molecule has 1 heterocycles. The second-order valence-corrected chi connectivity index (χ2v) is 9.78. The van der Waals surface area contributed by atoms with Crippen LogP contribution in [-0.2, 0) is 29.9 Å². The third-order valence-corrected chi connectivity index (χ3v) is 7.49. The molecule has 0 spiro atoms. The number of aryl methyl sites for hydroxylation is 2. The molecule has 1 aromatic carbocycles. The number of hydrogen-bond acceptors (Lipinski definition) is 4. The van der Waals surface area contributed by atoms with Gasteiger partial charge in [0, 0.05) is 31.3 Å². The van der Waals surface area contributed by atoms with Gasteiger partial charge < -0.3 is 5.32 Å². The molecule has 0 unspecified atom stereocenters. The minimum atomic E-state index is -3.57. The van der Waals surface area contributed by atoms with Crippen molar-refractivity contribution in [1.82, 2.24) is 14.1 Å². The Bertz CT molecular complexity index is 973. The molecule has 7 nitrogen and oxygen atoms in total. The predicted molar refractivity (Wildman–Crippen MR) is 118 cm³/mol. The molecule has 1 amide bonds. The Morgan fingerprint density at radius 2 is 1.73 bits per heavy atom. The predicted octanol–water partition coefficient (Wildman–Crippen LogP) is 3.75. The summed E-state index contributed by atoms with van der Waals surface area (Å²) in [5.74, 6) is 0.472. The summed E-state index contributed by atoms with van der Waals surface area (Å²) >= 11 is 0. The number of fused-ring (bicyclic) bond motifs is 1. The topological polar surface area (TPSA) is 84.3 Å². The van der Waals surface area contributed by atoms with Crippen molar-refractivity contribution in [2.24, 2.45) is 7.05 Å². The van der Waals surface area contributed by atoms with Gasteiger partial charge in [0.15, 0.2) is 0 Å². The summed E-state index contributed by atoms with van der Waals surface area (Å²) in [6.07, 6.45) is 6.46. The molecule has 1 aromatic heterocycles. The quantitative estimate of drug-likeness (QED) is 0.620. The Balaban J connectivity index is 1.75. The summed E-state index contributed by atoms with van der Waals surface area (Å²) < 4.78 is 29.4. The van der Waals surface area contributed by atoms with Crippen molar-refractivity contribution in [1.29, 1.82) is 0 Å². The lowest BCUT2D eigenvalue weighted by molar-refractivity contribution is 0.102. The van der Waals surface area contributed by atoms with Crippen molar-refractivity contribution in [3.8, 4) is 0 Å². The van der Waals surface area contributed by atoms with E-state index in [2.05, 4.69) is 24.3 Å². The summed E-state index contributed by atoms with van der Waals surface area (Å²) in [5.41, 5.74) is 2.58. The fourth-order valence-electron chi connectivity index (χ4n) is 3.80. The van der Waals surface area contributed by atoms with Crippen molar-refractivity contribution in [2.75, 3.05) is 18.4 Å². The van der Waals surface area contributed by atoms with Crippen LogP contribution in [0, 0.1) is 0 Å². The highest BCUT2D eigenvalue weighted by Gasteiger charge is 2.25. The van der Waals surface area contributed by atoms with E-state index >= 15 is 0 Å². The van der Waals surface area contributed by atoms with Gasteiger partial charge in [-0.2, -0.15) is 9.40 Å². The Kier molecular flexibility index (Phi) is 7.31. The lowest BCUT2D eigenvalue weighted by Gasteiger charge is -2.22. The molecular weight excluding hydrogens is 400 g/mol. The van der Waals surface area contributed by atoms with Crippen molar-refractivity contribution < 1.29 is 13.2 Å². The highest BCUT2D eigenvalue weighted by Crippen LogP contribution is 2.28. The number of unbranched alkanes of at least 4 members (excludes halogenated alkanes) is 2. The Morgan fingerprint density at radius 1 is 1.10 bits per heavy atom. The Morgan fingerprint density at radius 3 is 2.33 bits per heavy atom. The van der Waals surface area contributed by atoms with Crippen LogP contribution in [0.1, 0.15) is 67.6 Å². The van der Waals surface area contributed by atoms with Crippen LogP contribution in [0.2, 0.25) is 0 Å². The average Bonchev–Trinajstić information content (AvgIpc) is 3.30. The molecule has 0 radical (unpaired) electrons. The van der Waals surface area contributed by atoms with Gasteiger partial charge in [0.05, 0.1) is 10.6 Å². The first kappa shape index (κ1) is 22.5. The summed E-state index contributed by atoms with van der Waals surface area (Å²) in [5, 5.41) is 7.42. The SMILES string of the molecule is CCCCN(CCCC)S(=O)(=O)c1ccc(C(=O)Nc2c3c(nn2C)CCC3)cc1. The zero-order valence-corrected chi connectivity index (χ0v) is 19.0. The van der Waals surface area contributed by atoms with E-state index < -0.39 is 10.0 Å². The highest BCUT2D eigenvalue weighted by atomic mass is 32.2. The maximum absolute atomic E-state index is 13.1. The van der Waals surface area contributed by atoms with Crippen LogP contribution >= 0.6 is 0 Å². The van der Waals surface area contributed by atoms with E-state index in [9.17, 15) is 13.2 Å². The summed E-state index contributed by atoms with van der Waals surface area (Å²) in [6.45, 7) is 5.14. The van der Waals surface area contributed by atoms with Gasteiger partial charge in [-0.25, -0.2) is 8.42 Å². The zero-order valence-electron chi connectivity index (χ0n) is 18.1. The van der Waals surface area contributed by atoms with Gasteiger partial charge in [0.1, 0.15) is 5.82 Å². The number of rotatable bonds is 10. The van der Waals surface area contributed by atoms with Crippen LogP contribution < -0.4 is 5.32 Å². The van der Waals surface area contributed by atoms with E-state index in [1.807, 2.05) is 7.05 Å². The molecule has 0 aliphatic heterocycles. The second kappa shape index (κ2) is 9.75. The lowest BCUT2D eigenvalue weighted by atomic mass is 10.2. The first-order valence-electron chi connectivity index (χ1n) is 10.8. The number of nitrogens with zero attached hydrogens (tertiary/aromatic N) is 3. The van der Waals surface area contributed by atoms with Gasteiger partial charge in [-0.05, 0) is 56.4 Å². The molecule has 164 valence electrons. The fraction of sp³-hybridized carbons (Fsp3) is 0.545. The lowest BCUT2D eigenvalue weighted by Crippen LogP contribution is -2.33. The van der Waals surface area contributed by atoms with Crippen molar-refractivity contribution >= 4 is 21.7 Å². The minimum Gasteiger partial charge on any atom is -0.307 e. The van der Waals surface area contributed by atoms with E-state index in [-0.39, 0.29) is 10.8 Å². The van der Waals surface area contributed by atoms with Crippen LogP contribution in [0.5, 0.6) is 0 Å². The molecule has 0 saturated carbocycles. The van der Waals surface area contributed by atoms with E-state index in [1.54, 1.807) is 21.1 Å². The summed E-state index contributed by atoms with van der Waals surface area (Å²) in [4.78, 5) is 13.0. The number of sulfonamides is 1. The molecular formula is C22H32N4O3S. The molecule has 0 saturated heterocycles. The number of nitrogens with one attached hydrogen (secondary N) is 1. The number of aromatic nitrogens is 2. The third kappa shape index (κ3) is 4.75. The number of benzene rings is 1. The Labute approximate surface area is 179 Å². The van der Waals surface area contributed by atoms with Gasteiger partial charge in [-0.15, -0.1) is 0 Å². The summed E-state index contributed by atoms with van der Waals surface area (Å²) in [6, 6.07) is 6.22. The normalized spacial score (nSPS) is 13.6. The number of carbonyl (C=O) groups excluding carboxylic acids is 1. The second-order valence-electron chi connectivity index (χ2n) is 7.84. The Hall–Kier alpha value is -2.19. The van der Waals surface area contributed by atoms with E-state index in [0.717, 1.165) is 62.0 Å². The average molecular weight is 433 g/mol. The van der Waals surface area contributed by atoms with Crippen LogP contribution in [0.3, 0.4) is 0 Å². The van der Waals surface area contributed by atoms with Gasteiger partial charge in [0.2, 0.25) is 10.0 Å². The molecule has 0 atom stereocenters. The highest BCUT2D eigenvalue weighted by molar-refractivity contribution is 7.89. The third-order valence-electron chi connectivity index (χ3n) is 5.58. The van der Waals surface area contributed by atoms with Crippen LogP contribution in [0.4, 0.5) is 5.82 Å². The van der Waals surface area contributed by atoms with Crippen LogP contribution in [0.15, 0.2) is 29.2 Å². The molecule has 1 aliphatic rings. The molecule has 1 N–H and O–H groups in total. The largest absolute Gasteiger partial charge is 0.307 e. The molecule has 0 bridgehead atoms. The van der Waals surface area contributed by atoms with Crippen molar-refractivity contribution in [2.45, 2.75) is 63.7 Å². The number of amides is 1. The maximum atomic E-state index is 13.1. The molecule has 30 heavy (non-hydrogen) atoms. The van der Waals surface area contributed by atoms with Gasteiger partial charge in [-0.3, -0.25) is 9.48 Å². The van der Waals surface area contributed by atoms with E-state index in [0.29, 0.717) is 18.7 Å². The van der Waals surface area contributed by atoms with E-state index in [4.69, 9.17) is 0 Å². The molecule has 8 heteroatoms. The molecule has 0 fully saturated rings. The smallest absolute Gasteiger partial charge is 0.256 e. The van der Waals surface area contributed by atoms with Crippen LogP contribution in [0.25, 0.3) is 0 Å². The minimum absolute atomic E-state index is 0.229. The number of hydrogen-bond donors (Lipinski definition) is 1.